The smallest absolute Gasteiger partial charge is 0.240 e. The third kappa shape index (κ3) is 3.27. The van der Waals surface area contributed by atoms with Crippen molar-refractivity contribution in [3.05, 3.63) is 34.8 Å². The van der Waals surface area contributed by atoms with Crippen LogP contribution in [0.3, 0.4) is 0 Å². The average Bonchev–Trinajstić information content (AvgIpc) is 2.82. The number of aryl methyl sites for hydroxylation is 1. The Kier molecular flexibility index (Phi) is 4.26. The Labute approximate surface area is 121 Å². The van der Waals surface area contributed by atoms with Gasteiger partial charge in [-0.25, -0.2) is 18.1 Å². The number of hydrogen-bond acceptors (Lipinski definition) is 6. The SMILES string of the molecule is COc1ccc(S(=O)(=O)NCc2csc(N)n2)cc1C. The fourth-order valence-corrected chi connectivity index (χ4v) is 3.32. The fourth-order valence-electron chi connectivity index (χ4n) is 1.67. The van der Waals surface area contributed by atoms with Crippen LogP contribution in [-0.4, -0.2) is 20.5 Å². The summed E-state index contributed by atoms with van der Waals surface area (Å²) in [5.41, 5.74) is 6.85. The number of ether oxygens (including phenoxy) is 1. The summed E-state index contributed by atoms with van der Waals surface area (Å²) in [7, 11) is -2.04. The number of rotatable bonds is 5. The Morgan fingerprint density at radius 3 is 2.75 bits per heavy atom. The summed E-state index contributed by atoms with van der Waals surface area (Å²) in [4.78, 5) is 4.20. The van der Waals surface area contributed by atoms with Gasteiger partial charge >= 0.3 is 0 Å². The van der Waals surface area contributed by atoms with Crippen LogP contribution >= 0.6 is 11.3 Å². The number of nitrogens with zero attached hydrogens (tertiary/aromatic N) is 1. The molecule has 0 fully saturated rings. The van der Waals surface area contributed by atoms with Gasteiger partial charge in [-0.1, -0.05) is 0 Å². The molecule has 0 amide bonds. The maximum Gasteiger partial charge on any atom is 0.240 e. The van der Waals surface area contributed by atoms with Crippen molar-refractivity contribution in [3.63, 3.8) is 0 Å². The number of aromatic nitrogens is 1. The molecule has 108 valence electrons. The van der Waals surface area contributed by atoms with Crippen LogP contribution in [0.1, 0.15) is 11.3 Å². The maximum absolute atomic E-state index is 12.2. The fraction of sp³-hybridized carbons (Fsp3) is 0.250. The van der Waals surface area contributed by atoms with Crippen molar-refractivity contribution in [2.75, 3.05) is 12.8 Å². The molecule has 0 spiro atoms. The van der Waals surface area contributed by atoms with Crippen LogP contribution in [0.5, 0.6) is 5.75 Å². The van der Waals surface area contributed by atoms with Crippen LogP contribution in [0.15, 0.2) is 28.5 Å². The number of nitrogen functional groups attached to an aromatic ring is 1. The van der Waals surface area contributed by atoms with E-state index in [-0.39, 0.29) is 11.4 Å². The topological polar surface area (TPSA) is 94.3 Å². The molecule has 1 aromatic heterocycles. The minimum atomic E-state index is -3.58. The summed E-state index contributed by atoms with van der Waals surface area (Å²) in [5.74, 6) is 0.649. The second-order valence-electron chi connectivity index (χ2n) is 4.13. The quantitative estimate of drug-likeness (QED) is 0.873. The third-order valence-corrected chi connectivity index (χ3v) is 4.81. The lowest BCUT2D eigenvalue weighted by molar-refractivity contribution is 0.411. The summed E-state index contributed by atoms with van der Waals surface area (Å²) in [6.45, 7) is 1.90. The van der Waals surface area contributed by atoms with E-state index in [0.717, 1.165) is 5.56 Å². The largest absolute Gasteiger partial charge is 0.496 e. The highest BCUT2D eigenvalue weighted by atomic mass is 32.2. The van der Waals surface area contributed by atoms with Gasteiger partial charge in [0, 0.05) is 5.38 Å². The Bertz CT molecular complexity index is 710. The minimum absolute atomic E-state index is 0.112. The predicted molar refractivity (Wildman–Crippen MR) is 78.3 cm³/mol. The molecular weight excluding hydrogens is 298 g/mol. The molecule has 2 rings (SSSR count). The van der Waals surface area contributed by atoms with Gasteiger partial charge < -0.3 is 10.5 Å². The summed E-state index contributed by atoms with van der Waals surface area (Å²) in [5, 5.41) is 2.14. The first-order chi connectivity index (χ1) is 9.42. The Morgan fingerprint density at radius 2 is 2.20 bits per heavy atom. The Balaban J connectivity index is 2.15. The Hall–Kier alpha value is -1.64. The van der Waals surface area contributed by atoms with Gasteiger partial charge in [0.15, 0.2) is 5.13 Å². The van der Waals surface area contributed by atoms with E-state index in [2.05, 4.69) is 9.71 Å². The first kappa shape index (κ1) is 14.8. The van der Waals surface area contributed by atoms with E-state index in [4.69, 9.17) is 10.5 Å². The van der Waals surface area contributed by atoms with Gasteiger partial charge in [0.2, 0.25) is 10.0 Å². The number of thiazole rings is 1. The number of sulfonamides is 1. The van der Waals surface area contributed by atoms with Crippen molar-refractivity contribution >= 4 is 26.5 Å². The molecule has 0 aliphatic heterocycles. The van der Waals surface area contributed by atoms with Crippen molar-refractivity contribution < 1.29 is 13.2 Å². The molecule has 20 heavy (non-hydrogen) atoms. The molecule has 0 radical (unpaired) electrons. The van der Waals surface area contributed by atoms with E-state index in [9.17, 15) is 8.42 Å². The Morgan fingerprint density at radius 1 is 1.45 bits per heavy atom. The second kappa shape index (κ2) is 5.78. The molecule has 0 aliphatic carbocycles. The van der Waals surface area contributed by atoms with E-state index >= 15 is 0 Å². The monoisotopic (exact) mass is 313 g/mol. The van der Waals surface area contributed by atoms with Crippen molar-refractivity contribution in [1.82, 2.24) is 9.71 Å². The van der Waals surface area contributed by atoms with Crippen molar-refractivity contribution in [3.8, 4) is 5.75 Å². The van der Waals surface area contributed by atoms with Gasteiger partial charge in [0.1, 0.15) is 5.75 Å². The first-order valence-electron chi connectivity index (χ1n) is 5.76. The highest BCUT2D eigenvalue weighted by molar-refractivity contribution is 7.89. The molecule has 0 aliphatic rings. The minimum Gasteiger partial charge on any atom is -0.496 e. The molecule has 2 aromatic rings. The van der Waals surface area contributed by atoms with Crippen LogP contribution in [0.2, 0.25) is 0 Å². The number of methoxy groups -OCH3 is 1. The first-order valence-corrected chi connectivity index (χ1v) is 8.13. The molecule has 0 saturated carbocycles. The lowest BCUT2D eigenvalue weighted by atomic mass is 10.2. The van der Waals surface area contributed by atoms with Crippen LogP contribution in [0.4, 0.5) is 5.13 Å². The molecule has 0 atom stereocenters. The summed E-state index contributed by atoms with van der Waals surface area (Å²) in [6.07, 6.45) is 0. The van der Waals surface area contributed by atoms with Crippen LogP contribution in [-0.2, 0) is 16.6 Å². The van der Waals surface area contributed by atoms with Gasteiger partial charge in [-0.3, -0.25) is 0 Å². The van der Waals surface area contributed by atoms with E-state index in [1.807, 2.05) is 0 Å². The molecule has 3 N–H and O–H groups in total. The van der Waals surface area contributed by atoms with Gasteiger partial charge in [-0.15, -0.1) is 11.3 Å². The zero-order chi connectivity index (χ0) is 14.8. The normalized spacial score (nSPS) is 11.5. The number of benzene rings is 1. The molecule has 6 nitrogen and oxygen atoms in total. The number of anilines is 1. The van der Waals surface area contributed by atoms with Crippen LogP contribution in [0.25, 0.3) is 0 Å². The van der Waals surface area contributed by atoms with E-state index in [1.165, 1.54) is 17.4 Å². The van der Waals surface area contributed by atoms with Gasteiger partial charge in [-0.05, 0) is 30.7 Å². The number of nitrogens with one attached hydrogen (secondary N) is 1. The van der Waals surface area contributed by atoms with E-state index in [1.54, 1.807) is 31.5 Å². The molecule has 0 saturated heterocycles. The van der Waals surface area contributed by atoms with Gasteiger partial charge in [0.25, 0.3) is 0 Å². The predicted octanol–water partition coefficient (Wildman–Crippen LogP) is 1.52. The summed E-state index contributed by atoms with van der Waals surface area (Å²) in [6, 6.07) is 4.70. The van der Waals surface area contributed by atoms with Crippen molar-refractivity contribution in [2.45, 2.75) is 18.4 Å². The van der Waals surface area contributed by atoms with Crippen molar-refractivity contribution in [2.24, 2.45) is 0 Å². The molecule has 1 aromatic carbocycles. The molecular formula is C12H15N3O3S2. The number of nitrogens with two attached hydrogens (primary N) is 1. The average molecular weight is 313 g/mol. The molecule has 8 heteroatoms. The lowest BCUT2D eigenvalue weighted by Gasteiger charge is -2.09. The highest BCUT2D eigenvalue weighted by Gasteiger charge is 2.15. The van der Waals surface area contributed by atoms with Crippen LogP contribution in [0, 0.1) is 6.92 Å². The second-order valence-corrected chi connectivity index (χ2v) is 6.79. The standard InChI is InChI=1S/C12H15N3O3S2/c1-8-5-10(3-4-11(8)18-2)20(16,17)14-6-9-7-19-12(13)15-9/h3-5,7,14H,6H2,1-2H3,(H2,13,15). The van der Waals surface area contributed by atoms with Gasteiger partial charge in [-0.2, -0.15) is 0 Å². The summed E-state index contributed by atoms with van der Waals surface area (Å²) < 4.78 is 31.9. The zero-order valence-electron chi connectivity index (χ0n) is 11.1. The molecule has 0 unspecified atom stereocenters. The van der Waals surface area contributed by atoms with E-state index in [0.29, 0.717) is 16.6 Å². The maximum atomic E-state index is 12.2. The van der Waals surface area contributed by atoms with Crippen molar-refractivity contribution in [1.29, 1.82) is 0 Å². The highest BCUT2D eigenvalue weighted by Crippen LogP contribution is 2.21. The third-order valence-electron chi connectivity index (χ3n) is 2.69. The van der Waals surface area contributed by atoms with Crippen LogP contribution < -0.4 is 15.2 Å². The van der Waals surface area contributed by atoms with Gasteiger partial charge in [0.05, 0.1) is 24.2 Å². The molecule has 0 bridgehead atoms. The van der Waals surface area contributed by atoms with E-state index < -0.39 is 10.0 Å². The lowest BCUT2D eigenvalue weighted by Crippen LogP contribution is -2.23. The number of hydrogen-bond donors (Lipinski definition) is 2. The zero-order valence-corrected chi connectivity index (χ0v) is 12.7. The summed E-state index contributed by atoms with van der Waals surface area (Å²) >= 11 is 1.27. The molecule has 1 heterocycles.